The quantitative estimate of drug-likeness (QED) is 0.593. The van der Waals surface area contributed by atoms with Crippen molar-refractivity contribution in [3.05, 3.63) is 33.1 Å². The van der Waals surface area contributed by atoms with Crippen molar-refractivity contribution < 1.29 is 19.0 Å². The first-order valence-electron chi connectivity index (χ1n) is 11.3. The first kappa shape index (κ1) is 27.0. The van der Waals surface area contributed by atoms with Crippen LogP contribution in [-0.2, 0) is 13.9 Å². The van der Waals surface area contributed by atoms with E-state index in [1.165, 1.54) is 16.8 Å². The smallest absolute Gasteiger partial charge is 0.330 e. The molecular weight excluding hydrogens is 428 g/mol. The molecule has 32 heavy (non-hydrogen) atoms. The summed E-state index contributed by atoms with van der Waals surface area (Å²) in [6, 6.07) is 1.23. The summed E-state index contributed by atoms with van der Waals surface area (Å²) < 4.78 is 19.9. The average molecular weight is 471 g/mol. The second-order valence-electron chi connectivity index (χ2n) is 12.1. The van der Waals surface area contributed by atoms with E-state index in [0.717, 1.165) is 0 Å². The van der Waals surface area contributed by atoms with Gasteiger partial charge in [0.15, 0.2) is 14.5 Å². The highest BCUT2D eigenvalue weighted by Crippen LogP contribution is 2.42. The van der Waals surface area contributed by atoms with E-state index in [2.05, 4.69) is 73.5 Å². The molecule has 184 valence electrons. The van der Waals surface area contributed by atoms with Gasteiger partial charge >= 0.3 is 5.69 Å². The number of H-pyrrole nitrogens is 1. The van der Waals surface area contributed by atoms with Crippen LogP contribution in [0.2, 0.25) is 18.1 Å². The predicted molar refractivity (Wildman–Crippen MR) is 127 cm³/mol. The molecule has 8 nitrogen and oxygen atoms in total. The molecule has 0 aliphatic carbocycles. The standard InChI is InChI=1S/C23H42N2O6Si/c1-21(2,3)23(7,8)14-29-13-15-18(31-32(9,10)22(4,5)6)17(27)19(30-15)25-12-11-16(26)24-20(25)28/h11-12,15,17-19,27H,13-14H2,1-10H3,(H,24,26,28)/t15-,17+,18?,19-/m1/s1. The van der Waals surface area contributed by atoms with Gasteiger partial charge in [-0.1, -0.05) is 55.4 Å². The Morgan fingerprint density at radius 2 is 1.72 bits per heavy atom. The van der Waals surface area contributed by atoms with Crippen LogP contribution in [0.4, 0.5) is 0 Å². The summed E-state index contributed by atoms with van der Waals surface area (Å²) in [6.07, 6.45) is -1.93. The zero-order chi connectivity index (χ0) is 24.7. The van der Waals surface area contributed by atoms with Gasteiger partial charge in [-0.3, -0.25) is 14.3 Å². The number of hydrogen-bond donors (Lipinski definition) is 2. The Morgan fingerprint density at radius 3 is 2.22 bits per heavy atom. The molecule has 0 bridgehead atoms. The molecule has 1 saturated heterocycles. The molecule has 2 rings (SSSR count). The number of hydrogen-bond acceptors (Lipinski definition) is 6. The minimum absolute atomic E-state index is 0.0475. The van der Waals surface area contributed by atoms with Gasteiger partial charge in [0.05, 0.1) is 13.2 Å². The highest BCUT2D eigenvalue weighted by Gasteiger charge is 2.50. The van der Waals surface area contributed by atoms with Crippen LogP contribution in [0, 0.1) is 10.8 Å². The van der Waals surface area contributed by atoms with Gasteiger partial charge in [0, 0.05) is 12.3 Å². The largest absolute Gasteiger partial charge is 0.408 e. The summed E-state index contributed by atoms with van der Waals surface area (Å²) in [6.45, 7) is 22.2. The summed E-state index contributed by atoms with van der Waals surface area (Å²) in [4.78, 5) is 26.0. The first-order valence-corrected chi connectivity index (χ1v) is 14.2. The molecule has 0 saturated carbocycles. The summed E-state index contributed by atoms with van der Waals surface area (Å²) >= 11 is 0. The molecule has 0 amide bonds. The zero-order valence-electron chi connectivity index (χ0n) is 21.3. The van der Waals surface area contributed by atoms with Crippen molar-refractivity contribution in [1.29, 1.82) is 0 Å². The molecule has 1 aromatic rings. The fourth-order valence-electron chi connectivity index (χ4n) is 3.02. The third kappa shape index (κ3) is 5.80. The molecule has 1 unspecified atom stereocenters. The van der Waals surface area contributed by atoms with Crippen molar-refractivity contribution >= 4 is 8.32 Å². The van der Waals surface area contributed by atoms with Gasteiger partial charge in [-0.15, -0.1) is 0 Å². The molecule has 1 aliphatic heterocycles. The number of aliphatic hydroxyl groups is 1. The summed E-state index contributed by atoms with van der Waals surface area (Å²) in [5.74, 6) is 0. The second kappa shape index (κ2) is 9.17. The third-order valence-corrected chi connectivity index (χ3v) is 11.9. The van der Waals surface area contributed by atoms with Gasteiger partial charge < -0.3 is 19.0 Å². The number of aromatic nitrogens is 2. The van der Waals surface area contributed by atoms with Crippen LogP contribution < -0.4 is 11.2 Å². The number of aromatic amines is 1. The van der Waals surface area contributed by atoms with Crippen LogP contribution in [0.15, 0.2) is 21.9 Å². The monoisotopic (exact) mass is 470 g/mol. The van der Waals surface area contributed by atoms with Gasteiger partial charge in [-0.2, -0.15) is 0 Å². The Kier molecular flexibility index (Phi) is 7.74. The third-order valence-electron chi connectivity index (χ3n) is 7.45. The number of nitrogens with zero attached hydrogens (tertiary/aromatic N) is 1. The minimum Gasteiger partial charge on any atom is -0.408 e. The Balaban J connectivity index is 2.29. The van der Waals surface area contributed by atoms with Crippen LogP contribution in [0.5, 0.6) is 0 Å². The maximum atomic E-state index is 12.3. The highest BCUT2D eigenvalue weighted by molar-refractivity contribution is 6.74. The van der Waals surface area contributed by atoms with E-state index >= 15 is 0 Å². The van der Waals surface area contributed by atoms with Gasteiger partial charge in [0.2, 0.25) is 0 Å². The first-order chi connectivity index (χ1) is 14.4. The maximum absolute atomic E-state index is 12.3. The molecule has 9 heteroatoms. The Labute approximate surface area is 192 Å². The van der Waals surface area contributed by atoms with Gasteiger partial charge in [0.1, 0.15) is 18.3 Å². The topological polar surface area (TPSA) is 103 Å². The molecule has 0 radical (unpaired) electrons. The van der Waals surface area contributed by atoms with E-state index < -0.39 is 44.1 Å². The average Bonchev–Trinajstić information content (AvgIpc) is 2.89. The van der Waals surface area contributed by atoms with Gasteiger partial charge in [-0.05, 0) is 29.0 Å². The molecule has 1 fully saturated rings. The van der Waals surface area contributed by atoms with Crippen molar-refractivity contribution in [3.8, 4) is 0 Å². The van der Waals surface area contributed by atoms with E-state index in [0.29, 0.717) is 6.61 Å². The van der Waals surface area contributed by atoms with Crippen LogP contribution >= 0.6 is 0 Å². The van der Waals surface area contributed by atoms with Gasteiger partial charge in [0.25, 0.3) is 5.56 Å². The second-order valence-corrected chi connectivity index (χ2v) is 16.8. The van der Waals surface area contributed by atoms with Gasteiger partial charge in [-0.25, -0.2) is 4.79 Å². The molecule has 1 aromatic heterocycles. The van der Waals surface area contributed by atoms with Crippen molar-refractivity contribution in [2.24, 2.45) is 10.8 Å². The normalized spacial score (nSPS) is 25.3. The van der Waals surface area contributed by atoms with Crippen LogP contribution in [-0.4, -0.2) is 54.5 Å². The lowest BCUT2D eigenvalue weighted by molar-refractivity contribution is -0.0859. The van der Waals surface area contributed by atoms with Crippen LogP contribution in [0.25, 0.3) is 0 Å². The lowest BCUT2D eigenvalue weighted by atomic mass is 9.70. The summed E-state index contributed by atoms with van der Waals surface area (Å²) in [7, 11) is -2.25. The Bertz CT molecular complexity index is 893. The van der Waals surface area contributed by atoms with E-state index in [1.54, 1.807) is 0 Å². The number of nitrogens with one attached hydrogen (secondary N) is 1. The number of rotatable bonds is 7. The number of ether oxygens (including phenoxy) is 2. The molecular formula is C23H42N2O6Si. The van der Waals surface area contributed by atoms with E-state index in [4.69, 9.17) is 13.9 Å². The number of aliphatic hydroxyl groups excluding tert-OH is 1. The van der Waals surface area contributed by atoms with Crippen LogP contribution in [0.1, 0.15) is 61.6 Å². The van der Waals surface area contributed by atoms with Crippen molar-refractivity contribution in [2.75, 3.05) is 13.2 Å². The molecule has 2 N–H and O–H groups in total. The fraction of sp³-hybridized carbons (Fsp3) is 0.826. The van der Waals surface area contributed by atoms with E-state index in [1.807, 2.05) is 0 Å². The minimum atomic E-state index is -2.25. The SMILES string of the molecule is CC(C)(C)C(C)(C)COC[C@H]1O[C@@H](n2ccc(=O)[nH]c2=O)[C@@H](O)C1O[Si](C)(C)C(C)(C)C. The summed E-state index contributed by atoms with van der Waals surface area (Å²) in [5.41, 5.74) is -1.17. The van der Waals surface area contributed by atoms with E-state index in [9.17, 15) is 14.7 Å². The predicted octanol–water partition coefficient (Wildman–Crippen LogP) is 3.27. The lowest BCUT2D eigenvalue weighted by Crippen LogP contribution is -2.50. The van der Waals surface area contributed by atoms with E-state index in [-0.39, 0.29) is 22.5 Å². The molecule has 1 aliphatic rings. The van der Waals surface area contributed by atoms with Crippen molar-refractivity contribution in [2.45, 2.75) is 98.1 Å². The zero-order valence-corrected chi connectivity index (χ0v) is 22.3. The molecule has 2 heterocycles. The molecule has 4 atom stereocenters. The maximum Gasteiger partial charge on any atom is 0.330 e. The Hall–Kier alpha value is -1.26. The fourth-order valence-corrected chi connectivity index (χ4v) is 4.35. The molecule has 0 spiro atoms. The van der Waals surface area contributed by atoms with Crippen molar-refractivity contribution in [3.63, 3.8) is 0 Å². The van der Waals surface area contributed by atoms with Crippen molar-refractivity contribution in [1.82, 2.24) is 9.55 Å². The lowest BCUT2D eigenvalue weighted by Gasteiger charge is -2.40. The Morgan fingerprint density at radius 1 is 1.12 bits per heavy atom. The highest BCUT2D eigenvalue weighted by atomic mass is 28.4. The molecule has 0 aromatic carbocycles. The summed E-state index contributed by atoms with van der Waals surface area (Å²) in [5, 5.41) is 11.1. The van der Waals surface area contributed by atoms with Crippen LogP contribution in [0.3, 0.4) is 0 Å².